The minimum Gasteiger partial charge on any atom is -0.388 e. The predicted octanol–water partition coefficient (Wildman–Crippen LogP) is 2.79. The fourth-order valence-electron chi connectivity index (χ4n) is 2.84. The van der Waals surface area contributed by atoms with Gasteiger partial charge in [-0.1, -0.05) is 56.0 Å². The molecule has 0 atom stereocenters. The number of carbonyl (C=O) groups excluding carboxylic acids is 1. The zero-order valence-electron chi connectivity index (χ0n) is 13.2. The lowest BCUT2D eigenvalue weighted by atomic mass is 9.94. The molecule has 0 bridgehead atoms. The van der Waals surface area contributed by atoms with Crippen LogP contribution < -0.4 is 5.32 Å². The van der Waals surface area contributed by atoms with E-state index in [0.717, 1.165) is 31.2 Å². The van der Waals surface area contributed by atoms with Crippen LogP contribution in [0.5, 0.6) is 0 Å². The molecule has 22 heavy (non-hydrogen) atoms. The van der Waals surface area contributed by atoms with Crippen molar-refractivity contribution in [1.82, 2.24) is 5.32 Å². The standard InChI is InChI=1S/C18H27NO3/c20-17(10-13-22-14-16-8-4-3-5-9-16)19-15-18(21)11-6-1-2-7-12-18/h3-5,8-9,21H,1-2,6-7,10-15H2,(H,19,20). The highest BCUT2D eigenvalue weighted by atomic mass is 16.5. The van der Waals surface area contributed by atoms with Gasteiger partial charge in [-0.3, -0.25) is 4.79 Å². The summed E-state index contributed by atoms with van der Waals surface area (Å²) in [6.45, 7) is 1.29. The normalized spacial score (nSPS) is 17.7. The molecular formula is C18H27NO3. The van der Waals surface area contributed by atoms with E-state index in [1.54, 1.807) is 0 Å². The second-order valence-corrected chi connectivity index (χ2v) is 6.20. The summed E-state index contributed by atoms with van der Waals surface area (Å²) in [5.41, 5.74) is 0.396. The van der Waals surface area contributed by atoms with Gasteiger partial charge in [0.15, 0.2) is 0 Å². The maximum atomic E-state index is 11.8. The third-order valence-corrected chi connectivity index (χ3v) is 4.23. The fraction of sp³-hybridized carbons (Fsp3) is 0.611. The highest BCUT2D eigenvalue weighted by Crippen LogP contribution is 2.26. The van der Waals surface area contributed by atoms with Crippen LogP contribution in [0.2, 0.25) is 0 Å². The molecule has 4 heteroatoms. The molecule has 0 aromatic heterocycles. The van der Waals surface area contributed by atoms with Crippen molar-refractivity contribution in [2.24, 2.45) is 0 Å². The van der Waals surface area contributed by atoms with E-state index in [1.165, 1.54) is 12.8 Å². The van der Waals surface area contributed by atoms with E-state index >= 15 is 0 Å². The van der Waals surface area contributed by atoms with Gasteiger partial charge in [-0.2, -0.15) is 0 Å². The molecule has 4 nitrogen and oxygen atoms in total. The molecule has 1 aliphatic carbocycles. The molecule has 1 aromatic carbocycles. The van der Waals surface area contributed by atoms with E-state index in [-0.39, 0.29) is 5.91 Å². The summed E-state index contributed by atoms with van der Waals surface area (Å²) in [5, 5.41) is 13.3. The smallest absolute Gasteiger partial charge is 0.222 e. The first kappa shape index (κ1) is 17.0. The van der Waals surface area contributed by atoms with Crippen molar-refractivity contribution in [1.29, 1.82) is 0 Å². The van der Waals surface area contributed by atoms with Crippen molar-refractivity contribution in [3.63, 3.8) is 0 Å². The number of benzene rings is 1. The first-order valence-corrected chi connectivity index (χ1v) is 8.29. The summed E-state index contributed by atoms with van der Waals surface area (Å²) < 4.78 is 5.50. The number of nitrogens with one attached hydrogen (secondary N) is 1. The lowest BCUT2D eigenvalue weighted by molar-refractivity contribution is -0.123. The molecule has 1 aromatic rings. The van der Waals surface area contributed by atoms with Gasteiger partial charge in [-0.15, -0.1) is 0 Å². The highest BCUT2D eigenvalue weighted by molar-refractivity contribution is 5.76. The topological polar surface area (TPSA) is 58.6 Å². The zero-order valence-corrected chi connectivity index (χ0v) is 13.2. The molecule has 1 aliphatic rings. The quantitative estimate of drug-likeness (QED) is 0.601. The van der Waals surface area contributed by atoms with E-state index in [9.17, 15) is 9.90 Å². The Balaban J connectivity index is 1.59. The molecule has 1 saturated carbocycles. The number of amides is 1. The molecule has 2 rings (SSSR count). The highest BCUT2D eigenvalue weighted by Gasteiger charge is 2.28. The molecule has 0 radical (unpaired) electrons. The van der Waals surface area contributed by atoms with Crippen LogP contribution in [0.3, 0.4) is 0 Å². The zero-order chi connectivity index (χ0) is 15.7. The Morgan fingerprint density at radius 2 is 1.82 bits per heavy atom. The Morgan fingerprint density at radius 3 is 2.50 bits per heavy atom. The van der Waals surface area contributed by atoms with Crippen molar-refractivity contribution in [2.75, 3.05) is 13.2 Å². The molecule has 122 valence electrons. The van der Waals surface area contributed by atoms with Crippen molar-refractivity contribution in [2.45, 2.75) is 57.2 Å². The number of carbonyl (C=O) groups is 1. The van der Waals surface area contributed by atoms with Crippen molar-refractivity contribution < 1.29 is 14.6 Å². The molecule has 0 spiro atoms. The van der Waals surface area contributed by atoms with Gasteiger partial charge >= 0.3 is 0 Å². The molecule has 0 unspecified atom stereocenters. The number of aliphatic hydroxyl groups is 1. The van der Waals surface area contributed by atoms with Crippen molar-refractivity contribution >= 4 is 5.91 Å². The van der Waals surface area contributed by atoms with Crippen LogP contribution in [-0.4, -0.2) is 29.8 Å². The second kappa shape index (κ2) is 8.91. The Morgan fingerprint density at radius 1 is 1.14 bits per heavy atom. The SMILES string of the molecule is O=C(CCOCc1ccccc1)NCC1(O)CCCCCC1. The summed E-state index contributed by atoms with van der Waals surface area (Å²) in [7, 11) is 0. The predicted molar refractivity (Wildman–Crippen MR) is 86.4 cm³/mol. The van der Waals surface area contributed by atoms with E-state index in [0.29, 0.717) is 26.2 Å². The Bertz CT molecular complexity index is 439. The van der Waals surface area contributed by atoms with Gasteiger partial charge in [0.25, 0.3) is 0 Å². The minimum atomic E-state index is -0.711. The first-order valence-electron chi connectivity index (χ1n) is 8.29. The van der Waals surface area contributed by atoms with Crippen LogP contribution in [0, 0.1) is 0 Å². The molecule has 0 saturated heterocycles. The maximum Gasteiger partial charge on any atom is 0.222 e. The molecule has 2 N–H and O–H groups in total. The molecule has 0 aliphatic heterocycles. The molecule has 1 fully saturated rings. The van der Waals surface area contributed by atoms with Crippen LogP contribution in [0.15, 0.2) is 30.3 Å². The van der Waals surface area contributed by atoms with Gasteiger partial charge < -0.3 is 15.2 Å². The number of hydrogen-bond donors (Lipinski definition) is 2. The Hall–Kier alpha value is -1.39. The summed E-state index contributed by atoms with van der Waals surface area (Å²) in [4.78, 5) is 11.8. The fourth-order valence-corrected chi connectivity index (χ4v) is 2.84. The van der Waals surface area contributed by atoms with E-state index in [4.69, 9.17) is 4.74 Å². The summed E-state index contributed by atoms with van der Waals surface area (Å²) in [5.74, 6) is -0.0502. The van der Waals surface area contributed by atoms with Gasteiger partial charge in [0.05, 0.1) is 18.8 Å². The van der Waals surface area contributed by atoms with Crippen LogP contribution in [0.25, 0.3) is 0 Å². The van der Waals surface area contributed by atoms with Crippen LogP contribution in [-0.2, 0) is 16.1 Å². The maximum absolute atomic E-state index is 11.8. The largest absolute Gasteiger partial charge is 0.388 e. The molecule has 0 heterocycles. The number of hydrogen-bond acceptors (Lipinski definition) is 3. The van der Waals surface area contributed by atoms with E-state index < -0.39 is 5.60 Å². The number of rotatable bonds is 7. The Kier molecular flexibility index (Phi) is 6.87. The average molecular weight is 305 g/mol. The molecule has 1 amide bonds. The van der Waals surface area contributed by atoms with Crippen LogP contribution in [0.1, 0.15) is 50.5 Å². The van der Waals surface area contributed by atoms with Gasteiger partial charge in [0.1, 0.15) is 0 Å². The van der Waals surface area contributed by atoms with Crippen molar-refractivity contribution in [3.05, 3.63) is 35.9 Å². The van der Waals surface area contributed by atoms with Crippen LogP contribution in [0.4, 0.5) is 0 Å². The summed E-state index contributed by atoms with van der Waals surface area (Å²) in [6, 6.07) is 9.91. The van der Waals surface area contributed by atoms with Crippen molar-refractivity contribution in [3.8, 4) is 0 Å². The van der Waals surface area contributed by atoms with Crippen LogP contribution >= 0.6 is 0 Å². The lowest BCUT2D eigenvalue weighted by Gasteiger charge is -2.26. The first-order chi connectivity index (χ1) is 10.7. The monoisotopic (exact) mass is 305 g/mol. The van der Waals surface area contributed by atoms with E-state index in [1.807, 2.05) is 30.3 Å². The molecular weight excluding hydrogens is 278 g/mol. The average Bonchev–Trinajstić information content (AvgIpc) is 2.76. The third kappa shape index (κ3) is 6.16. The van der Waals surface area contributed by atoms with Gasteiger partial charge in [0.2, 0.25) is 5.91 Å². The summed E-state index contributed by atoms with van der Waals surface area (Å²) in [6.07, 6.45) is 6.38. The third-order valence-electron chi connectivity index (χ3n) is 4.23. The van der Waals surface area contributed by atoms with Gasteiger partial charge in [-0.05, 0) is 18.4 Å². The Labute approximate surface area is 132 Å². The number of ether oxygens (including phenoxy) is 1. The summed E-state index contributed by atoms with van der Waals surface area (Å²) >= 11 is 0. The second-order valence-electron chi connectivity index (χ2n) is 6.20. The minimum absolute atomic E-state index is 0.0502. The van der Waals surface area contributed by atoms with Gasteiger partial charge in [-0.25, -0.2) is 0 Å². The van der Waals surface area contributed by atoms with E-state index in [2.05, 4.69) is 5.32 Å². The lowest BCUT2D eigenvalue weighted by Crippen LogP contribution is -2.42. The van der Waals surface area contributed by atoms with Gasteiger partial charge in [0, 0.05) is 13.0 Å².